The Labute approximate surface area is 238 Å². The number of hydrogen-bond donors (Lipinski definition) is 0. The molecule has 4 aromatic rings. The number of likely N-dealkylation sites (N-methyl/N-ethyl adjacent to an activating group) is 1. The minimum absolute atomic E-state index is 0.00442. The molecule has 0 amide bonds. The summed E-state index contributed by atoms with van der Waals surface area (Å²) in [4.78, 5) is 2.30. The lowest BCUT2D eigenvalue weighted by Gasteiger charge is -2.47. The highest BCUT2D eigenvalue weighted by molar-refractivity contribution is 5.16. The van der Waals surface area contributed by atoms with Gasteiger partial charge in [-0.3, -0.25) is 4.90 Å². The second-order valence-electron chi connectivity index (χ2n) is 10.4. The van der Waals surface area contributed by atoms with Gasteiger partial charge >= 0.3 is 0 Å². The van der Waals surface area contributed by atoms with Crippen LogP contribution in [-0.2, 0) is 45.4 Å². The molecule has 40 heavy (non-hydrogen) atoms. The first-order chi connectivity index (χ1) is 19.8. The topological polar surface area (TPSA) is 40.2 Å². The van der Waals surface area contributed by atoms with Gasteiger partial charge in [-0.15, -0.1) is 0 Å². The second kappa shape index (κ2) is 14.9. The van der Waals surface area contributed by atoms with Crippen molar-refractivity contribution in [3.05, 3.63) is 144 Å². The van der Waals surface area contributed by atoms with Gasteiger partial charge in [0, 0.05) is 6.54 Å². The molecule has 0 unspecified atom stereocenters. The third kappa shape index (κ3) is 8.10. The van der Waals surface area contributed by atoms with E-state index >= 15 is 0 Å². The molecule has 5 heteroatoms. The van der Waals surface area contributed by atoms with Crippen LogP contribution < -0.4 is 0 Å². The Morgan fingerprint density at radius 3 is 1.40 bits per heavy atom. The van der Waals surface area contributed by atoms with E-state index in [9.17, 15) is 0 Å². The zero-order valence-electron chi connectivity index (χ0n) is 23.2. The number of hydrogen-bond acceptors (Lipinski definition) is 5. The highest BCUT2D eigenvalue weighted by Crippen LogP contribution is 2.28. The van der Waals surface area contributed by atoms with E-state index < -0.39 is 0 Å². The Kier molecular flexibility index (Phi) is 10.5. The van der Waals surface area contributed by atoms with Crippen LogP contribution in [0.5, 0.6) is 0 Å². The summed E-state index contributed by atoms with van der Waals surface area (Å²) < 4.78 is 26.2. The second-order valence-corrected chi connectivity index (χ2v) is 10.4. The van der Waals surface area contributed by atoms with E-state index in [0.717, 1.165) is 28.8 Å². The monoisotopic (exact) mass is 537 g/mol. The Bertz CT molecular complexity index is 1240. The van der Waals surface area contributed by atoms with Crippen molar-refractivity contribution >= 4 is 0 Å². The molecule has 0 saturated carbocycles. The molecule has 1 fully saturated rings. The maximum Gasteiger partial charge on any atom is 0.113 e. The average molecular weight is 538 g/mol. The van der Waals surface area contributed by atoms with E-state index in [0.29, 0.717) is 33.0 Å². The standard InChI is InChI=1S/C35H39NO4/c1-36-22-33(38-24-29-16-8-3-9-17-29)35(40-26-31-20-12-5-13-21-31)34(39-25-30-18-10-4-11-19-30)32(36)27-37-23-28-14-6-2-7-15-28/h2-21,32-35H,22-27H2,1H3/t32-,33+,34-,35-/m1/s1. The molecule has 1 saturated heterocycles. The number of ether oxygens (including phenoxy) is 4. The lowest BCUT2D eigenvalue weighted by molar-refractivity contribution is -0.207. The number of nitrogens with zero attached hydrogens (tertiary/aromatic N) is 1. The van der Waals surface area contributed by atoms with Crippen molar-refractivity contribution < 1.29 is 18.9 Å². The van der Waals surface area contributed by atoms with Gasteiger partial charge in [0.05, 0.1) is 45.2 Å². The predicted octanol–water partition coefficient (Wildman–Crippen LogP) is 6.27. The van der Waals surface area contributed by atoms with E-state index in [1.807, 2.05) is 72.8 Å². The summed E-state index contributed by atoms with van der Waals surface area (Å²) in [6, 6.07) is 41.2. The van der Waals surface area contributed by atoms with Gasteiger partial charge in [0.2, 0.25) is 0 Å². The van der Waals surface area contributed by atoms with Gasteiger partial charge in [-0.2, -0.15) is 0 Å². The Balaban J connectivity index is 1.36. The van der Waals surface area contributed by atoms with Crippen LogP contribution in [0.4, 0.5) is 0 Å². The van der Waals surface area contributed by atoms with E-state index in [1.165, 1.54) is 0 Å². The first-order valence-electron chi connectivity index (χ1n) is 14.0. The highest BCUT2D eigenvalue weighted by Gasteiger charge is 2.45. The zero-order valence-corrected chi connectivity index (χ0v) is 23.2. The van der Waals surface area contributed by atoms with Crippen molar-refractivity contribution in [2.45, 2.75) is 50.8 Å². The number of piperidine rings is 1. The zero-order chi connectivity index (χ0) is 27.4. The first-order valence-corrected chi connectivity index (χ1v) is 14.0. The van der Waals surface area contributed by atoms with Crippen LogP contribution in [0.15, 0.2) is 121 Å². The summed E-state index contributed by atoms with van der Waals surface area (Å²) in [5.41, 5.74) is 4.55. The van der Waals surface area contributed by atoms with Crippen LogP contribution in [0.1, 0.15) is 22.3 Å². The molecule has 4 atom stereocenters. The van der Waals surface area contributed by atoms with Crippen LogP contribution in [0.25, 0.3) is 0 Å². The molecule has 5 rings (SSSR count). The number of likely N-dealkylation sites (tertiary alicyclic amines) is 1. The minimum atomic E-state index is -0.269. The molecule has 0 spiro atoms. The number of rotatable bonds is 13. The van der Waals surface area contributed by atoms with Crippen LogP contribution in [0, 0.1) is 0 Å². The molecule has 1 aliphatic heterocycles. The summed E-state index contributed by atoms with van der Waals surface area (Å²) >= 11 is 0. The normalized spacial score (nSPS) is 21.3. The molecule has 1 heterocycles. The molecule has 0 bridgehead atoms. The summed E-state index contributed by atoms with van der Waals surface area (Å²) in [6.45, 7) is 3.30. The maximum absolute atomic E-state index is 6.71. The third-order valence-corrected chi connectivity index (χ3v) is 7.38. The van der Waals surface area contributed by atoms with Crippen molar-refractivity contribution in [1.82, 2.24) is 4.90 Å². The van der Waals surface area contributed by atoms with Crippen molar-refractivity contribution in [1.29, 1.82) is 0 Å². The van der Waals surface area contributed by atoms with Crippen molar-refractivity contribution in [2.24, 2.45) is 0 Å². The highest BCUT2D eigenvalue weighted by atomic mass is 16.6. The quantitative estimate of drug-likeness (QED) is 0.201. The van der Waals surface area contributed by atoms with Crippen LogP contribution in [0.2, 0.25) is 0 Å². The lowest BCUT2D eigenvalue weighted by atomic mass is 9.93. The van der Waals surface area contributed by atoms with Gasteiger partial charge in [0.25, 0.3) is 0 Å². The maximum atomic E-state index is 6.71. The summed E-state index contributed by atoms with van der Waals surface area (Å²) in [6.07, 6.45) is -0.687. The minimum Gasteiger partial charge on any atom is -0.375 e. The third-order valence-electron chi connectivity index (χ3n) is 7.38. The fraction of sp³-hybridized carbons (Fsp3) is 0.314. The summed E-state index contributed by atoms with van der Waals surface area (Å²) in [5.74, 6) is 0. The largest absolute Gasteiger partial charge is 0.375 e. The van der Waals surface area contributed by atoms with E-state index in [1.54, 1.807) is 0 Å². The van der Waals surface area contributed by atoms with Gasteiger partial charge in [0.15, 0.2) is 0 Å². The van der Waals surface area contributed by atoms with Crippen LogP contribution in [0.3, 0.4) is 0 Å². The molecular weight excluding hydrogens is 498 g/mol. The molecule has 1 aliphatic rings. The number of benzene rings is 4. The Morgan fingerprint density at radius 1 is 0.525 bits per heavy atom. The van der Waals surface area contributed by atoms with Crippen molar-refractivity contribution in [3.63, 3.8) is 0 Å². The van der Waals surface area contributed by atoms with Gasteiger partial charge in [0.1, 0.15) is 12.2 Å². The molecule has 5 nitrogen and oxygen atoms in total. The first kappa shape index (κ1) is 28.2. The van der Waals surface area contributed by atoms with Crippen molar-refractivity contribution in [3.8, 4) is 0 Å². The van der Waals surface area contributed by atoms with E-state index in [2.05, 4.69) is 60.5 Å². The fourth-order valence-electron chi connectivity index (χ4n) is 5.16. The lowest BCUT2D eigenvalue weighted by Crippen LogP contribution is -2.63. The summed E-state index contributed by atoms with van der Waals surface area (Å²) in [7, 11) is 2.13. The van der Waals surface area contributed by atoms with Gasteiger partial charge in [-0.1, -0.05) is 121 Å². The van der Waals surface area contributed by atoms with Gasteiger partial charge in [-0.05, 0) is 29.3 Å². The van der Waals surface area contributed by atoms with Crippen LogP contribution >= 0.6 is 0 Å². The Hall–Kier alpha value is -3.32. The van der Waals surface area contributed by atoms with Gasteiger partial charge < -0.3 is 18.9 Å². The molecule has 0 aliphatic carbocycles. The predicted molar refractivity (Wildman–Crippen MR) is 158 cm³/mol. The molecular formula is C35H39NO4. The van der Waals surface area contributed by atoms with Crippen LogP contribution in [-0.4, -0.2) is 49.5 Å². The Morgan fingerprint density at radius 2 is 0.925 bits per heavy atom. The summed E-state index contributed by atoms with van der Waals surface area (Å²) in [5, 5.41) is 0. The van der Waals surface area contributed by atoms with Crippen molar-refractivity contribution in [2.75, 3.05) is 20.2 Å². The smallest absolute Gasteiger partial charge is 0.113 e. The van der Waals surface area contributed by atoms with E-state index in [4.69, 9.17) is 18.9 Å². The SMILES string of the molecule is CN1C[C@H](OCc2ccccc2)[C@@H](OCc2ccccc2)[C@H](OCc2ccccc2)[C@H]1COCc1ccccc1. The molecule has 0 aromatic heterocycles. The molecule has 0 radical (unpaired) electrons. The fourth-order valence-corrected chi connectivity index (χ4v) is 5.16. The molecule has 208 valence electrons. The van der Waals surface area contributed by atoms with E-state index in [-0.39, 0.29) is 24.4 Å². The molecule has 4 aromatic carbocycles. The van der Waals surface area contributed by atoms with Gasteiger partial charge in [-0.25, -0.2) is 0 Å². The average Bonchev–Trinajstić information content (AvgIpc) is 3.01. The molecule has 0 N–H and O–H groups in total.